The van der Waals surface area contributed by atoms with Gasteiger partial charge in [0.15, 0.2) is 0 Å². The van der Waals surface area contributed by atoms with Gasteiger partial charge in [0.2, 0.25) is 0 Å². The molecule has 0 aromatic carbocycles. The van der Waals surface area contributed by atoms with Crippen molar-refractivity contribution in [2.24, 2.45) is 51.2 Å². The van der Waals surface area contributed by atoms with Gasteiger partial charge in [-0.1, -0.05) is 45.1 Å². The Labute approximate surface area is 215 Å². The van der Waals surface area contributed by atoms with Crippen LogP contribution in [0.2, 0.25) is 0 Å². The van der Waals surface area contributed by atoms with Crippen LogP contribution in [0.3, 0.4) is 0 Å². The van der Waals surface area contributed by atoms with E-state index in [1.165, 1.54) is 0 Å². The molecule has 6 heteroatoms. The minimum absolute atomic E-state index is 0.0274. The number of hydrogen-bond donors (Lipinski definition) is 3. The lowest BCUT2D eigenvalue weighted by Crippen LogP contribution is -2.70. The third-order valence-corrected chi connectivity index (χ3v) is 12.6. The Morgan fingerprint density at radius 2 is 1.64 bits per heavy atom. The Kier molecular flexibility index (Phi) is 5.72. The average molecular weight is 501 g/mol. The van der Waals surface area contributed by atoms with Gasteiger partial charge in [0.25, 0.3) is 0 Å². The van der Waals surface area contributed by atoms with Crippen LogP contribution in [0.25, 0.3) is 0 Å². The second-order valence-electron chi connectivity index (χ2n) is 13.8. The molecule has 36 heavy (non-hydrogen) atoms. The number of carboxylic acid groups (broad SMARTS) is 1. The van der Waals surface area contributed by atoms with E-state index >= 15 is 0 Å². The van der Waals surface area contributed by atoms with Crippen molar-refractivity contribution in [2.75, 3.05) is 0 Å². The number of aliphatic carboxylic acids is 1. The third-order valence-electron chi connectivity index (χ3n) is 12.6. The Morgan fingerprint density at radius 3 is 2.22 bits per heavy atom. The molecule has 4 saturated carbocycles. The van der Waals surface area contributed by atoms with Crippen molar-refractivity contribution in [1.82, 2.24) is 0 Å². The SMILES string of the molecule is C=C(C)[C@@H]1C[C@H](O)[C@]2(C(=O)O)CC[C@]3(C)[C@H](C[C@H]4OC(=O)C[C@@H](O)[C@]5(C)[C@@H]4[C@@]3(C)CC[C@H]5C(=C)C)[C@@H]12. The summed E-state index contributed by atoms with van der Waals surface area (Å²) in [7, 11) is 0. The first-order valence-electron chi connectivity index (χ1n) is 13.8. The van der Waals surface area contributed by atoms with E-state index in [9.17, 15) is 24.9 Å². The summed E-state index contributed by atoms with van der Waals surface area (Å²) in [6.45, 7) is 19.2. The molecule has 12 atom stereocenters. The van der Waals surface area contributed by atoms with Crippen LogP contribution >= 0.6 is 0 Å². The minimum Gasteiger partial charge on any atom is -0.481 e. The molecule has 0 amide bonds. The van der Waals surface area contributed by atoms with Crippen molar-refractivity contribution in [3.05, 3.63) is 24.3 Å². The maximum absolute atomic E-state index is 13.0. The van der Waals surface area contributed by atoms with Gasteiger partial charge in [-0.25, -0.2) is 0 Å². The number of aliphatic hydroxyl groups excluding tert-OH is 2. The number of allylic oxidation sites excluding steroid dienone is 2. The topological polar surface area (TPSA) is 104 Å². The fourth-order valence-corrected chi connectivity index (χ4v) is 10.8. The molecular weight excluding hydrogens is 456 g/mol. The number of carbonyl (C=O) groups is 2. The van der Waals surface area contributed by atoms with Crippen LogP contribution in [-0.4, -0.2) is 45.6 Å². The lowest BCUT2D eigenvalue weighted by atomic mass is 9.33. The van der Waals surface area contributed by atoms with Crippen molar-refractivity contribution in [1.29, 1.82) is 0 Å². The summed E-state index contributed by atoms with van der Waals surface area (Å²) in [5.74, 6) is -1.67. The molecule has 4 aliphatic carbocycles. The van der Waals surface area contributed by atoms with Gasteiger partial charge in [0, 0.05) is 11.3 Å². The fourth-order valence-electron chi connectivity index (χ4n) is 10.8. The van der Waals surface area contributed by atoms with Gasteiger partial charge in [0.1, 0.15) is 6.10 Å². The maximum Gasteiger partial charge on any atom is 0.312 e. The van der Waals surface area contributed by atoms with Gasteiger partial charge >= 0.3 is 11.9 Å². The zero-order valence-corrected chi connectivity index (χ0v) is 22.5. The number of ether oxygens (including phenoxy) is 1. The molecule has 0 spiro atoms. The largest absolute Gasteiger partial charge is 0.481 e. The molecule has 5 aliphatic rings. The number of carbonyl (C=O) groups excluding carboxylic acids is 1. The van der Waals surface area contributed by atoms with Crippen molar-refractivity contribution >= 4 is 11.9 Å². The highest BCUT2D eigenvalue weighted by Gasteiger charge is 2.75. The van der Waals surface area contributed by atoms with Gasteiger partial charge in [-0.3, -0.25) is 9.59 Å². The quantitative estimate of drug-likeness (QED) is 0.382. The molecule has 200 valence electrons. The van der Waals surface area contributed by atoms with Gasteiger partial charge in [-0.05, 0) is 86.9 Å². The summed E-state index contributed by atoms with van der Waals surface area (Å²) in [6.07, 6.45) is 1.71. The van der Waals surface area contributed by atoms with E-state index in [-0.39, 0.29) is 52.8 Å². The molecule has 6 nitrogen and oxygen atoms in total. The summed E-state index contributed by atoms with van der Waals surface area (Å²) in [6, 6.07) is 0. The van der Waals surface area contributed by atoms with Crippen molar-refractivity contribution in [3.8, 4) is 0 Å². The lowest BCUT2D eigenvalue weighted by Gasteiger charge is -2.71. The predicted molar refractivity (Wildman–Crippen MR) is 136 cm³/mol. The number of esters is 1. The van der Waals surface area contributed by atoms with E-state index in [4.69, 9.17) is 4.74 Å². The van der Waals surface area contributed by atoms with Gasteiger partial charge < -0.3 is 20.1 Å². The predicted octanol–water partition coefficient (Wildman–Crippen LogP) is 4.74. The molecule has 1 heterocycles. The molecule has 3 N–H and O–H groups in total. The Morgan fingerprint density at radius 1 is 0.972 bits per heavy atom. The van der Waals surface area contributed by atoms with E-state index < -0.39 is 35.1 Å². The number of hydrogen-bond acceptors (Lipinski definition) is 5. The monoisotopic (exact) mass is 500 g/mol. The molecule has 0 unspecified atom stereocenters. The fraction of sp³-hybridized carbons (Fsp3) is 0.800. The molecule has 1 saturated heterocycles. The molecule has 0 radical (unpaired) electrons. The van der Waals surface area contributed by atoms with Crippen molar-refractivity contribution < 1.29 is 29.6 Å². The van der Waals surface area contributed by atoms with Gasteiger partial charge in [-0.2, -0.15) is 0 Å². The highest BCUT2D eigenvalue weighted by molar-refractivity contribution is 5.77. The van der Waals surface area contributed by atoms with Crippen molar-refractivity contribution in [3.63, 3.8) is 0 Å². The third kappa shape index (κ3) is 2.92. The standard InChI is InChI=1S/C30H44O6/c1-15(2)17-12-22(32)30(26(34)35)11-10-27(5)19(24(17)30)13-20-25-28(27,6)9-8-18(16(3)4)29(25,7)21(31)14-23(33)36-20/h17-22,24-25,31-32H,1,3,8-14H2,2,4-7H3,(H,34,35)/t17-,18-,19+,20+,21+,22-,24+,25-,27+,28+,29+,30+/m0/s1. The summed E-state index contributed by atoms with van der Waals surface area (Å²) < 4.78 is 6.18. The molecule has 5 rings (SSSR count). The smallest absolute Gasteiger partial charge is 0.312 e. The molecule has 5 fully saturated rings. The van der Waals surface area contributed by atoms with Gasteiger partial charge in [0.05, 0.1) is 24.0 Å². The first-order valence-corrected chi connectivity index (χ1v) is 13.8. The Bertz CT molecular complexity index is 1020. The van der Waals surface area contributed by atoms with Crippen LogP contribution in [-0.2, 0) is 14.3 Å². The van der Waals surface area contributed by atoms with Crippen LogP contribution in [0.1, 0.15) is 79.6 Å². The zero-order chi connectivity index (χ0) is 26.6. The Hall–Kier alpha value is -1.66. The van der Waals surface area contributed by atoms with E-state index in [1.54, 1.807) is 0 Å². The first kappa shape index (κ1) is 26.0. The number of carboxylic acids is 1. The summed E-state index contributed by atoms with van der Waals surface area (Å²) >= 11 is 0. The van der Waals surface area contributed by atoms with Crippen molar-refractivity contribution in [2.45, 2.75) is 97.9 Å². The average Bonchev–Trinajstić information content (AvgIpc) is 3.03. The summed E-state index contributed by atoms with van der Waals surface area (Å²) in [5.41, 5.74) is -0.313. The second-order valence-corrected chi connectivity index (χ2v) is 13.8. The van der Waals surface area contributed by atoms with Crippen LogP contribution in [0.15, 0.2) is 24.3 Å². The van der Waals surface area contributed by atoms with Crippen LogP contribution in [0.4, 0.5) is 0 Å². The molecule has 0 aromatic rings. The molecule has 0 aromatic heterocycles. The Balaban J connectivity index is 1.71. The molecule has 0 bridgehead atoms. The molecular formula is C30H44O6. The summed E-state index contributed by atoms with van der Waals surface area (Å²) in [4.78, 5) is 25.9. The van der Waals surface area contributed by atoms with Gasteiger partial charge in [-0.15, -0.1) is 0 Å². The zero-order valence-electron chi connectivity index (χ0n) is 22.5. The van der Waals surface area contributed by atoms with E-state index in [2.05, 4.69) is 33.9 Å². The number of rotatable bonds is 3. The number of fused-ring (bicyclic) bond motifs is 4. The van der Waals surface area contributed by atoms with E-state index in [0.717, 1.165) is 24.0 Å². The van der Waals surface area contributed by atoms with Crippen LogP contribution < -0.4 is 0 Å². The second kappa shape index (κ2) is 7.92. The normalized spacial score (nSPS) is 53.8. The van der Waals surface area contributed by atoms with Crippen LogP contribution in [0, 0.1) is 51.2 Å². The first-order chi connectivity index (χ1) is 16.7. The van der Waals surface area contributed by atoms with E-state index in [0.29, 0.717) is 25.7 Å². The maximum atomic E-state index is 13.0. The summed E-state index contributed by atoms with van der Waals surface area (Å²) in [5, 5.41) is 33.3. The minimum atomic E-state index is -1.20. The molecule has 1 aliphatic heterocycles. The van der Waals surface area contributed by atoms with Crippen LogP contribution in [0.5, 0.6) is 0 Å². The van der Waals surface area contributed by atoms with E-state index in [1.807, 2.05) is 13.8 Å². The highest BCUT2D eigenvalue weighted by atomic mass is 16.5. The number of aliphatic hydroxyl groups is 2. The lowest BCUT2D eigenvalue weighted by molar-refractivity contribution is -0.263. The highest BCUT2D eigenvalue weighted by Crippen LogP contribution is 2.76.